The predicted molar refractivity (Wildman–Crippen MR) is 117 cm³/mol. The molecule has 154 valence electrons. The quantitative estimate of drug-likeness (QED) is 0.537. The Balaban J connectivity index is 1.49. The van der Waals surface area contributed by atoms with E-state index in [0.717, 1.165) is 29.4 Å². The highest BCUT2D eigenvalue weighted by atomic mass is 16.2. The van der Waals surface area contributed by atoms with Crippen LogP contribution in [0.2, 0.25) is 0 Å². The molecule has 4 rings (SSSR count). The number of nitrogens with zero attached hydrogens (tertiary/aromatic N) is 1. The molecule has 1 atom stereocenters. The van der Waals surface area contributed by atoms with Gasteiger partial charge in [0.1, 0.15) is 5.69 Å². The van der Waals surface area contributed by atoms with Crippen molar-refractivity contribution in [3.63, 3.8) is 0 Å². The molecule has 0 radical (unpaired) electrons. The number of fused-ring (bicyclic) bond motifs is 1. The Bertz CT molecular complexity index is 1140. The lowest BCUT2D eigenvalue weighted by Gasteiger charge is -2.22. The van der Waals surface area contributed by atoms with Gasteiger partial charge in [-0.25, -0.2) is 0 Å². The van der Waals surface area contributed by atoms with Gasteiger partial charge in [-0.05, 0) is 54.6 Å². The summed E-state index contributed by atoms with van der Waals surface area (Å²) in [6, 6.07) is 14.9. The largest absolute Gasteiger partial charge is 0.357 e. The van der Waals surface area contributed by atoms with Crippen LogP contribution in [0.25, 0.3) is 10.9 Å². The first-order valence-electron chi connectivity index (χ1n) is 10.2. The lowest BCUT2D eigenvalue weighted by molar-refractivity contribution is 0.0946. The summed E-state index contributed by atoms with van der Waals surface area (Å²) >= 11 is 0. The molecule has 0 bridgehead atoms. The number of rotatable bonds is 4. The number of hydrogen-bond donors (Lipinski definition) is 4. The van der Waals surface area contributed by atoms with Gasteiger partial charge in [0.15, 0.2) is 0 Å². The van der Waals surface area contributed by atoms with Gasteiger partial charge in [-0.2, -0.15) is 0 Å². The molecule has 0 spiro atoms. The third-order valence-corrected chi connectivity index (χ3v) is 5.19. The van der Waals surface area contributed by atoms with Crippen molar-refractivity contribution in [2.75, 3.05) is 6.54 Å². The first kappa shape index (κ1) is 19.8. The highest BCUT2D eigenvalue weighted by molar-refractivity contribution is 5.92. The smallest absolute Gasteiger partial charge is 0.270 e. The molecular weight excluding hydrogens is 378 g/mol. The van der Waals surface area contributed by atoms with Gasteiger partial charge in [0.2, 0.25) is 5.56 Å². The molecular formula is C23H25N5O2. The fraction of sp³-hybridized carbons (Fsp3) is 0.261. The summed E-state index contributed by atoms with van der Waals surface area (Å²) in [5.74, 6) is -0.405. The summed E-state index contributed by atoms with van der Waals surface area (Å²) in [6.45, 7) is 1.40. The van der Waals surface area contributed by atoms with E-state index in [2.05, 4.69) is 37.7 Å². The molecule has 2 aromatic heterocycles. The molecule has 1 aromatic carbocycles. The van der Waals surface area contributed by atoms with E-state index >= 15 is 0 Å². The summed E-state index contributed by atoms with van der Waals surface area (Å²) in [5.41, 5.74) is 2.88. The van der Waals surface area contributed by atoms with Gasteiger partial charge in [0, 0.05) is 42.3 Å². The number of H-pyrrole nitrogens is 2. The number of nitrogens with one attached hydrogen (secondary N) is 4. The van der Waals surface area contributed by atoms with Crippen molar-refractivity contribution in [2.45, 2.75) is 31.8 Å². The summed E-state index contributed by atoms with van der Waals surface area (Å²) in [5, 5.41) is 7.55. The van der Waals surface area contributed by atoms with Crippen LogP contribution in [0.15, 0.2) is 65.7 Å². The van der Waals surface area contributed by atoms with Crippen molar-refractivity contribution in [2.24, 2.45) is 0 Å². The second kappa shape index (κ2) is 9.37. The van der Waals surface area contributed by atoms with Crippen LogP contribution in [0, 0.1) is 0 Å². The molecule has 4 N–H and O–H groups in total. The van der Waals surface area contributed by atoms with Crippen LogP contribution in [0.5, 0.6) is 0 Å². The molecule has 1 saturated heterocycles. The second-order valence-electron chi connectivity index (χ2n) is 7.39. The minimum absolute atomic E-state index is 0.0547. The summed E-state index contributed by atoms with van der Waals surface area (Å²) < 4.78 is 0. The fourth-order valence-corrected chi connectivity index (χ4v) is 3.63. The maximum absolute atomic E-state index is 12.5. The number of benzene rings is 1. The predicted octanol–water partition coefficient (Wildman–Crippen LogP) is 3.12. The van der Waals surface area contributed by atoms with E-state index in [4.69, 9.17) is 0 Å². The van der Waals surface area contributed by atoms with Crippen LogP contribution in [-0.4, -0.2) is 27.4 Å². The van der Waals surface area contributed by atoms with Crippen LogP contribution in [0.3, 0.4) is 0 Å². The third kappa shape index (κ3) is 4.93. The van der Waals surface area contributed by atoms with Crippen molar-refractivity contribution in [3.8, 4) is 0 Å². The standard InChI is InChI=1S/C23H25N5O2/c29-22-14-21(25-9-3-1-4-11-26-22)23(30)27-15-16-7-8-17-13-20(28-19(17)12-16)18-6-2-5-10-24-18/h1,3-4,7-9,11-14,18,24,28H,2,5-6,10,15H2,(H,26,29)(H,27,30). The molecule has 7 heteroatoms. The SMILES string of the molecule is O=C(NCc1ccc2cc(C3CCCCN3)[nH]c2c1)c1cc(=O)[nH]cccccn1. The van der Waals surface area contributed by atoms with Gasteiger partial charge in [-0.15, -0.1) is 0 Å². The Morgan fingerprint density at radius 3 is 2.93 bits per heavy atom. The maximum Gasteiger partial charge on any atom is 0.270 e. The van der Waals surface area contributed by atoms with Gasteiger partial charge in [0.25, 0.3) is 5.91 Å². The molecule has 0 saturated carbocycles. The Hall–Kier alpha value is -3.45. The van der Waals surface area contributed by atoms with Crippen LogP contribution in [0.1, 0.15) is 47.1 Å². The Morgan fingerprint density at radius 2 is 2.07 bits per heavy atom. The van der Waals surface area contributed by atoms with E-state index in [1.807, 2.05) is 12.1 Å². The Labute approximate surface area is 174 Å². The normalized spacial score (nSPS) is 16.1. The highest BCUT2D eigenvalue weighted by Crippen LogP contribution is 2.26. The lowest BCUT2D eigenvalue weighted by atomic mass is 10.0. The molecule has 1 amide bonds. The Morgan fingerprint density at radius 1 is 1.13 bits per heavy atom. The van der Waals surface area contributed by atoms with Crippen molar-refractivity contribution >= 4 is 16.8 Å². The molecule has 1 unspecified atom stereocenters. The van der Waals surface area contributed by atoms with E-state index < -0.39 is 11.5 Å². The van der Waals surface area contributed by atoms with Crippen molar-refractivity contribution in [1.82, 2.24) is 25.6 Å². The van der Waals surface area contributed by atoms with E-state index in [-0.39, 0.29) is 5.69 Å². The maximum atomic E-state index is 12.5. The zero-order valence-corrected chi connectivity index (χ0v) is 16.7. The third-order valence-electron chi connectivity index (χ3n) is 5.19. The summed E-state index contributed by atoms with van der Waals surface area (Å²) in [6.07, 6.45) is 6.61. The van der Waals surface area contributed by atoms with Gasteiger partial charge >= 0.3 is 0 Å². The number of carbonyl (C=O) groups is 1. The molecule has 3 aromatic rings. The molecule has 1 aliphatic heterocycles. The zero-order chi connectivity index (χ0) is 20.8. The monoisotopic (exact) mass is 403 g/mol. The molecule has 7 nitrogen and oxygen atoms in total. The number of carbonyl (C=O) groups excluding carboxylic acids is 1. The van der Waals surface area contributed by atoms with Gasteiger partial charge in [-0.3, -0.25) is 14.6 Å². The van der Waals surface area contributed by atoms with E-state index in [1.165, 1.54) is 37.0 Å². The first-order valence-corrected chi connectivity index (χ1v) is 10.2. The fourth-order valence-electron chi connectivity index (χ4n) is 3.63. The molecule has 3 heterocycles. The number of aromatic amines is 2. The van der Waals surface area contributed by atoms with Gasteiger partial charge in [-0.1, -0.05) is 24.6 Å². The molecule has 30 heavy (non-hydrogen) atoms. The van der Waals surface area contributed by atoms with Crippen molar-refractivity contribution < 1.29 is 4.79 Å². The number of piperidine rings is 1. The first-order chi connectivity index (χ1) is 14.7. The van der Waals surface area contributed by atoms with Gasteiger partial charge in [0.05, 0.1) is 0 Å². The molecule has 1 aliphatic rings. The van der Waals surface area contributed by atoms with Crippen molar-refractivity contribution in [1.29, 1.82) is 0 Å². The van der Waals surface area contributed by atoms with Crippen LogP contribution < -0.4 is 16.2 Å². The number of aromatic nitrogens is 3. The lowest BCUT2D eigenvalue weighted by Crippen LogP contribution is -2.26. The summed E-state index contributed by atoms with van der Waals surface area (Å²) in [4.78, 5) is 34.5. The van der Waals surface area contributed by atoms with Crippen LogP contribution in [-0.2, 0) is 6.54 Å². The number of amides is 1. The molecule has 1 fully saturated rings. The topological polar surface area (TPSA) is 103 Å². The number of hydrogen-bond acceptors (Lipinski definition) is 4. The minimum Gasteiger partial charge on any atom is -0.357 e. The average molecular weight is 403 g/mol. The summed E-state index contributed by atoms with van der Waals surface area (Å²) in [7, 11) is 0. The molecule has 0 aliphatic carbocycles. The Kier molecular flexibility index (Phi) is 6.20. The second-order valence-corrected chi connectivity index (χ2v) is 7.39. The van der Waals surface area contributed by atoms with Gasteiger partial charge < -0.3 is 20.6 Å². The van der Waals surface area contributed by atoms with Crippen LogP contribution in [0.4, 0.5) is 0 Å². The van der Waals surface area contributed by atoms with E-state index in [9.17, 15) is 9.59 Å². The zero-order valence-electron chi connectivity index (χ0n) is 16.7. The highest BCUT2D eigenvalue weighted by Gasteiger charge is 2.16. The van der Waals surface area contributed by atoms with E-state index in [0.29, 0.717) is 12.6 Å². The van der Waals surface area contributed by atoms with Crippen LogP contribution >= 0.6 is 0 Å². The van der Waals surface area contributed by atoms with E-state index in [1.54, 1.807) is 18.2 Å². The average Bonchev–Trinajstić information content (AvgIpc) is 3.20. The minimum atomic E-state index is -0.405. The van der Waals surface area contributed by atoms with Crippen molar-refractivity contribution in [3.05, 3.63) is 88.2 Å².